The summed E-state index contributed by atoms with van der Waals surface area (Å²) in [5, 5.41) is 3.91. The molecular weight excluding hydrogens is 256 g/mol. The first-order valence-corrected chi connectivity index (χ1v) is 7.31. The van der Waals surface area contributed by atoms with Crippen LogP contribution in [-0.4, -0.2) is 38.5 Å². The van der Waals surface area contributed by atoms with Gasteiger partial charge in [0.25, 0.3) is 0 Å². The van der Waals surface area contributed by atoms with Gasteiger partial charge in [-0.05, 0) is 19.8 Å². The number of nitrogens with zero attached hydrogens (tertiary/aromatic N) is 2. The summed E-state index contributed by atoms with van der Waals surface area (Å²) in [7, 11) is -1.95. The predicted molar refractivity (Wildman–Crippen MR) is 68.6 cm³/mol. The van der Waals surface area contributed by atoms with E-state index < -0.39 is 10.0 Å². The second-order valence-electron chi connectivity index (χ2n) is 3.83. The van der Waals surface area contributed by atoms with Crippen LogP contribution in [0.5, 0.6) is 0 Å². The molecule has 0 bridgehead atoms. The van der Waals surface area contributed by atoms with Crippen LogP contribution in [0.3, 0.4) is 0 Å². The van der Waals surface area contributed by atoms with Crippen LogP contribution < -0.4 is 10.5 Å². The number of aromatic nitrogens is 2. The van der Waals surface area contributed by atoms with Gasteiger partial charge in [0.1, 0.15) is 4.90 Å². The molecule has 0 aliphatic heterocycles. The Balaban J connectivity index is 2.60. The quantitative estimate of drug-likeness (QED) is 0.660. The molecule has 0 saturated heterocycles. The first-order valence-electron chi connectivity index (χ1n) is 5.82. The van der Waals surface area contributed by atoms with E-state index in [1.165, 1.54) is 10.9 Å². The minimum atomic E-state index is -3.57. The van der Waals surface area contributed by atoms with Crippen molar-refractivity contribution in [3.8, 4) is 0 Å². The highest BCUT2D eigenvalue weighted by Crippen LogP contribution is 2.15. The molecule has 18 heavy (non-hydrogen) atoms. The lowest BCUT2D eigenvalue weighted by atomic mass is 10.3. The van der Waals surface area contributed by atoms with Crippen molar-refractivity contribution < 1.29 is 13.2 Å². The van der Waals surface area contributed by atoms with E-state index in [-0.39, 0.29) is 10.7 Å². The lowest BCUT2D eigenvalue weighted by Crippen LogP contribution is -2.25. The summed E-state index contributed by atoms with van der Waals surface area (Å²) < 4.78 is 32.8. The fourth-order valence-electron chi connectivity index (χ4n) is 1.44. The van der Waals surface area contributed by atoms with Gasteiger partial charge in [-0.1, -0.05) is 0 Å². The lowest BCUT2D eigenvalue weighted by Gasteiger charge is -2.04. The third kappa shape index (κ3) is 3.97. The topological polar surface area (TPSA) is 99.2 Å². The fraction of sp³-hybridized carbons (Fsp3) is 0.700. The lowest BCUT2D eigenvalue weighted by molar-refractivity contribution is 0.193. The maximum Gasteiger partial charge on any atom is 0.245 e. The fourth-order valence-corrected chi connectivity index (χ4v) is 2.59. The number of sulfonamides is 1. The third-order valence-electron chi connectivity index (χ3n) is 2.44. The molecule has 0 fully saturated rings. The van der Waals surface area contributed by atoms with E-state index in [0.717, 1.165) is 12.8 Å². The molecule has 0 aromatic carbocycles. The molecule has 0 radical (unpaired) electrons. The molecule has 104 valence electrons. The smallest absolute Gasteiger partial charge is 0.245 e. The zero-order chi connectivity index (χ0) is 13.6. The van der Waals surface area contributed by atoms with Crippen molar-refractivity contribution >= 4 is 15.8 Å². The molecule has 7 nitrogen and oxygen atoms in total. The minimum absolute atomic E-state index is 0.0289. The molecule has 0 aliphatic rings. The standard InChI is InChI=1S/C10H20N4O3S/c1-3-14-8-9(10(11)13-14)18(15,16)12-6-4-5-7-17-2/h8,12H,3-7H2,1-2H3,(H2,11,13). The molecule has 0 saturated carbocycles. The zero-order valence-corrected chi connectivity index (χ0v) is 11.5. The Bertz CT molecular complexity index is 469. The SMILES string of the molecule is CCn1cc(S(=O)(=O)NCCCCOC)c(N)n1. The average Bonchev–Trinajstić information content (AvgIpc) is 2.71. The molecule has 0 amide bonds. The summed E-state index contributed by atoms with van der Waals surface area (Å²) in [6.07, 6.45) is 2.96. The van der Waals surface area contributed by atoms with Gasteiger partial charge in [-0.15, -0.1) is 0 Å². The number of hydrogen-bond acceptors (Lipinski definition) is 5. The number of aryl methyl sites for hydroxylation is 1. The normalized spacial score (nSPS) is 11.9. The van der Waals surface area contributed by atoms with Gasteiger partial charge in [-0.25, -0.2) is 13.1 Å². The van der Waals surface area contributed by atoms with Crippen LogP contribution in [0.15, 0.2) is 11.1 Å². The summed E-state index contributed by atoms with van der Waals surface area (Å²) >= 11 is 0. The Morgan fingerprint density at radius 3 is 2.78 bits per heavy atom. The molecule has 0 unspecified atom stereocenters. The van der Waals surface area contributed by atoms with Crippen molar-refractivity contribution in [3.05, 3.63) is 6.20 Å². The molecule has 1 rings (SSSR count). The van der Waals surface area contributed by atoms with Gasteiger partial charge in [0.05, 0.1) is 0 Å². The van der Waals surface area contributed by atoms with Gasteiger partial charge in [-0.3, -0.25) is 4.68 Å². The van der Waals surface area contributed by atoms with Crippen molar-refractivity contribution in [2.24, 2.45) is 0 Å². The van der Waals surface area contributed by atoms with Gasteiger partial charge in [-0.2, -0.15) is 5.10 Å². The summed E-state index contributed by atoms with van der Waals surface area (Å²) in [6, 6.07) is 0. The molecule has 1 aromatic rings. The number of ether oxygens (including phenoxy) is 1. The van der Waals surface area contributed by atoms with E-state index in [9.17, 15) is 8.42 Å². The first kappa shape index (κ1) is 14.9. The van der Waals surface area contributed by atoms with Crippen LogP contribution in [0.4, 0.5) is 5.82 Å². The average molecular weight is 276 g/mol. The van der Waals surface area contributed by atoms with E-state index in [1.54, 1.807) is 7.11 Å². The van der Waals surface area contributed by atoms with Gasteiger partial charge in [0.15, 0.2) is 5.82 Å². The van der Waals surface area contributed by atoms with Crippen LogP contribution in [0.2, 0.25) is 0 Å². The maximum atomic E-state index is 11.9. The van der Waals surface area contributed by atoms with Gasteiger partial charge in [0, 0.05) is 33.0 Å². The van der Waals surface area contributed by atoms with E-state index in [0.29, 0.717) is 19.7 Å². The predicted octanol–water partition coefficient (Wildman–Crippen LogP) is 0.190. The van der Waals surface area contributed by atoms with Crippen molar-refractivity contribution in [1.82, 2.24) is 14.5 Å². The molecule has 1 heterocycles. The van der Waals surface area contributed by atoms with Crippen LogP contribution in [0, 0.1) is 0 Å². The van der Waals surface area contributed by atoms with Crippen LogP contribution in [0.1, 0.15) is 19.8 Å². The highest BCUT2D eigenvalue weighted by molar-refractivity contribution is 7.89. The Morgan fingerprint density at radius 2 is 2.22 bits per heavy atom. The largest absolute Gasteiger partial charge is 0.385 e. The Hall–Kier alpha value is -1.12. The summed E-state index contributed by atoms with van der Waals surface area (Å²) in [5.41, 5.74) is 5.58. The van der Waals surface area contributed by atoms with Crippen LogP contribution in [0.25, 0.3) is 0 Å². The second-order valence-corrected chi connectivity index (χ2v) is 5.57. The highest BCUT2D eigenvalue weighted by atomic mass is 32.2. The number of anilines is 1. The molecule has 0 aliphatic carbocycles. The summed E-state index contributed by atoms with van der Waals surface area (Å²) in [4.78, 5) is 0.0380. The van der Waals surface area contributed by atoms with Gasteiger partial charge < -0.3 is 10.5 Å². The number of unbranched alkanes of at least 4 members (excludes halogenated alkanes) is 1. The maximum absolute atomic E-state index is 11.9. The summed E-state index contributed by atoms with van der Waals surface area (Å²) in [6.45, 7) is 3.43. The number of hydrogen-bond donors (Lipinski definition) is 2. The molecular formula is C10H20N4O3S. The van der Waals surface area contributed by atoms with E-state index in [2.05, 4.69) is 9.82 Å². The van der Waals surface area contributed by atoms with Gasteiger partial charge >= 0.3 is 0 Å². The number of nitrogen functional groups attached to an aromatic ring is 1. The van der Waals surface area contributed by atoms with E-state index >= 15 is 0 Å². The Morgan fingerprint density at radius 1 is 1.50 bits per heavy atom. The number of methoxy groups -OCH3 is 1. The highest BCUT2D eigenvalue weighted by Gasteiger charge is 2.20. The van der Waals surface area contributed by atoms with E-state index in [4.69, 9.17) is 10.5 Å². The number of nitrogens with two attached hydrogens (primary N) is 1. The number of nitrogens with one attached hydrogen (secondary N) is 1. The molecule has 1 aromatic heterocycles. The first-order chi connectivity index (χ1) is 8.51. The molecule has 3 N–H and O–H groups in total. The Kier molecular flexibility index (Phi) is 5.57. The third-order valence-corrected chi connectivity index (χ3v) is 3.91. The van der Waals surface area contributed by atoms with E-state index in [1.807, 2.05) is 6.92 Å². The second kappa shape index (κ2) is 6.72. The Labute approximate surface area is 107 Å². The van der Waals surface area contributed by atoms with Crippen molar-refractivity contribution in [2.45, 2.75) is 31.2 Å². The minimum Gasteiger partial charge on any atom is -0.385 e. The van der Waals surface area contributed by atoms with Crippen LogP contribution in [-0.2, 0) is 21.3 Å². The monoisotopic (exact) mass is 276 g/mol. The molecule has 8 heteroatoms. The summed E-state index contributed by atoms with van der Waals surface area (Å²) in [5.74, 6) is 0.0289. The van der Waals surface area contributed by atoms with Gasteiger partial charge in [0.2, 0.25) is 10.0 Å². The van der Waals surface area contributed by atoms with Crippen molar-refractivity contribution in [3.63, 3.8) is 0 Å². The zero-order valence-electron chi connectivity index (χ0n) is 10.7. The van der Waals surface area contributed by atoms with Crippen molar-refractivity contribution in [1.29, 1.82) is 0 Å². The molecule has 0 spiro atoms. The van der Waals surface area contributed by atoms with Crippen LogP contribution >= 0.6 is 0 Å². The molecule has 0 atom stereocenters. The van der Waals surface area contributed by atoms with Crippen molar-refractivity contribution in [2.75, 3.05) is 26.0 Å². The number of rotatable bonds is 8.